The van der Waals surface area contributed by atoms with E-state index in [4.69, 9.17) is 0 Å². The van der Waals surface area contributed by atoms with Crippen molar-refractivity contribution in [2.75, 3.05) is 10.6 Å². The minimum Gasteiger partial charge on any atom is -0.365 e. The van der Waals surface area contributed by atoms with E-state index in [1.807, 2.05) is 31.2 Å². The lowest BCUT2D eigenvalue weighted by Gasteiger charge is -2.08. The number of aryl methyl sites for hydroxylation is 1. The van der Waals surface area contributed by atoms with Gasteiger partial charge < -0.3 is 10.6 Å². The summed E-state index contributed by atoms with van der Waals surface area (Å²) in [5.74, 6) is 0.571. The molecule has 0 aliphatic rings. The van der Waals surface area contributed by atoms with Gasteiger partial charge in [0.25, 0.3) is 0 Å². The molecular formula is C20H19FN4O. The molecule has 0 unspecified atom stereocenters. The van der Waals surface area contributed by atoms with Gasteiger partial charge in [0.05, 0.1) is 6.42 Å². The minimum atomic E-state index is -0.265. The number of nitrogens with zero attached hydrogens (tertiary/aromatic N) is 2. The summed E-state index contributed by atoms with van der Waals surface area (Å²) in [4.78, 5) is 12.1. The zero-order valence-electron chi connectivity index (χ0n) is 14.4. The third-order valence-electron chi connectivity index (χ3n) is 3.93. The predicted molar refractivity (Wildman–Crippen MR) is 99.3 cm³/mol. The maximum Gasteiger partial charge on any atom is 0.230 e. The van der Waals surface area contributed by atoms with Crippen LogP contribution in [0.4, 0.5) is 16.0 Å². The van der Waals surface area contributed by atoms with Crippen molar-refractivity contribution in [3.05, 3.63) is 83.2 Å². The number of hydrogen-bond donors (Lipinski definition) is 2. The second kappa shape index (κ2) is 8.20. The molecule has 0 fully saturated rings. The Morgan fingerprint density at radius 3 is 2.35 bits per heavy atom. The third-order valence-corrected chi connectivity index (χ3v) is 3.93. The normalized spacial score (nSPS) is 10.4. The third kappa shape index (κ3) is 4.86. The molecule has 0 saturated heterocycles. The molecule has 1 amide bonds. The van der Waals surface area contributed by atoms with Gasteiger partial charge in [0.1, 0.15) is 11.6 Å². The SMILES string of the molecule is Cc1ccccc1CC(=O)Nc1ccc(NCc2ccc(F)cc2)nn1. The van der Waals surface area contributed by atoms with Gasteiger partial charge in [0, 0.05) is 6.54 Å². The van der Waals surface area contributed by atoms with Crippen molar-refractivity contribution < 1.29 is 9.18 Å². The molecule has 2 N–H and O–H groups in total. The Balaban J connectivity index is 1.53. The Morgan fingerprint density at radius 2 is 1.65 bits per heavy atom. The number of benzene rings is 2. The van der Waals surface area contributed by atoms with Crippen LogP contribution in [0.3, 0.4) is 0 Å². The molecule has 0 bridgehead atoms. The monoisotopic (exact) mass is 350 g/mol. The van der Waals surface area contributed by atoms with Crippen LogP contribution in [0.5, 0.6) is 0 Å². The van der Waals surface area contributed by atoms with E-state index >= 15 is 0 Å². The van der Waals surface area contributed by atoms with E-state index in [1.54, 1.807) is 24.3 Å². The summed E-state index contributed by atoms with van der Waals surface area (Å²) in [7, 11) is 0. The molecule has 0 spiro atoms. The van der Waals surface area contributed by atoms with E-state index in [-0.39, 0.29) is 11.7 Å². The first-order chi connectivity index (χ1) is 12.6. The van der Waals surface area contributed by atoms with Gasteiger partial charge in [0.2, 0.25) is 5.91 Å². The van der Waals surface area contributed by atoms with Gasteiger partial charge in [-0.2, -0.15) is 0 Å². The summed E-state index contributed by atoms with van der Waals surface area (Å²) in [5.41, 5.74) is 2.99. The number of carbonyl (C=O) groups is 1. The van der Waals surface area contributed by atoms with E-state index in [1.165, 1.54) is 12.1 Å². The lowest BCUT2D eigenvalue weighted by atomic mass is 10.1. The fourth-order valence-electron chi connectivity index (χ4n) is 2.46. The number of rotatable bonds is 6. The number of anilines is 2. The molecule has 5 nitrogen and oxygen atoms in total. The van der Waals surface area contributed by atoms with Crippen molar-refractivity contribution in [1.29, 1.82) is 0 Å². The zero-order chi connectivity index (χ0) is 18.4. The Bertz CT molecular complexity index is 879. The zero-order valence-corrected chi connectivity index (χ0v) is 14.4. The van der Waals surface area contributed by atoms with Crippen molar-refractivity contribution >= 4 is 17.5 Å². The van der Waals surface area contributed by atoms with Crippen molar-refractivity contribution in [3.8, 4) is 0 Å². The highest BCUT2D eigenvalue weighted by atomic mass is 19.1. The van der Waals surface area contributed by atoms with Crippen LogP contribution in [0.15, 0.2) is 60.7 Å². The van der Waals surface area contributed by atoms with Crippen LogP contribution >= 0.6 is 0 Å². The molecule has 3 rings (SSSR count). The van der Waals surface area contributed by atoms with E-state index < -0.39 is 0 Å². The summed E-state index contributed by atoms with van der Waals surface area (Å²) in [6, 6.07) is 17.4. The van der Waals surface area contributed by atoms with Gasteiger partial charge in [-0.15, -0.1) is 10.2 Å². The van der Waals surface area contributed by atoms with E-state index in [2.05, 4.69) is 20.8 Å². The Morgan fingerprint density at radius 1 is 0.962 bits per heavy atom. The van der Waals surface area contributed by atoms with Crippen molar-refractivity contribution in [1.82, 2.24) is 10.2 Å². The van der Waals surface area contributed by atoms with Crippen LogP contribution in [-0.4, -0.2) is 16.1 Å². The molecule has 3 aromatic rings. The second-order valence-electron chi connectivity index (χ2n) is 5.94. The lowest BCUT2D eigenvalue weighted by molar-refractivity contribution is -0.115. The first-order valence-corrected chi connectivity index (χ1v) is 8.26. The number of hydrogen-bond acceptors (Lipinski definition) is 4. The quantitative estimate of drug-likeness (QED) is 0.711. The summed E-state index contributed by atoms with van der Waals surface area (Å²) in [5, 5.41) is 13.9. The topological polar surface area (TPSA) is 66.9 Å². The molecule has 1 aromatic heterocycles. The van der Waals surface area contributed by atoms with Gasteiger partial charge >= 0.3 is 0 Å². The maximum atomic E-state index is 12.9. The highest BCUT2D eigenvalue weighted by Gasteiger charge is 2.07. The number of nitrogens with one attached hydrogen (secondary N) is 2. The van der Waals surface area contributed by atoms with Crippen molar-refractivity contribution in [2.24, 2.45) is 0 Å². The van der Waals surface area contributed by atoms with Gasteiger partial charge in [0.15, 0.2) is 5.82 Å². The Labute approximate surface area is 151 Å². The molecule has 0 saturated carbocycles. The van der Waals surface area contributed by atoms with Crippen LogP contribution in [0.25, 0.3) is 0 Å². The number of carbonyl (C=O) groups excluding carboxylic acids is 1. The summed E-state index contributed by atoms with van der Waals surface area (Å²) >= 11 is 0. The molecule has 0 aliphatic carbocycles. The van der Waals surface area contributed by atoms with E-state index in [0.29, 0.717) is 24.6 Å². The molecule has 2 aromatic carbocycles. The molecule has 0 atom stereocenters. The summed E-state index contributed by atoms with van der Waals surface area (Å²) in [6.07, 6.45) is 0.291. The number of amides is 1. The van der Waals surface area contributed by atoms with Crippen LogP contribution < -0.4 is 10.6 Å². The predicted octanol–water partition coefficient (Wildman–Crippen LogP) is 3.72. The molecule has 6 heteroatoms. The van der Waals surface area contributed by atoms with Gasteiger partial charge in [-0.3, -0.25) is 4.79 Å². The smallest absolute Gasteiger partial charge is 0.230 e. The summed E-state index contributed by atoms with van der Waals surface area (Å²) in [6.45, 7) is 2.48. The highest BCUT2D eigenvalue weighted by molar-refractivity contribution is 5.91. The Kier molecular flexibility index (Phi) is 5.53. The van der Waals surface area contributed by atoms with Crippen molar-refractivity contribution in [2.45, 2.75) is 19.9 Å². The molecule has 26 heavy (non-hydrogen) atoms. The molecule has 1 heterocycles. The van der Waals surface area contributed by atoms with Crippen LogP contribution in [0, 0.1) is 12.7 Å². The molecule has 0 aliphatic heterocycles. The van der Waals surface area contributed by atoms with E-state index in [9.17, 15) is 9.18 Å². The molecular weight excluding hydrogens is 331 g/mol. The van der Waals surface area contributed by atoms with Crippen LogP contribution in [0.2, 0.25) is 0 Å². The Hall–Kier alpha value is -3.28. The van der Waals surface area contributed by atoms with Crippen molar-refractivity contribution in [3.63, 3.8) is 0 Å². The fourth-order valence-corrected chi connectivity index (χ4v) is 2.46. The first-order valence-electron chi connectivity index (χ1n) is 8.26. The van der Waals surface area contributed by atoms with Gasteiger partial charge in [-0.05, 0) is 47.9 Å². The van der Waals surface area contributed by atoms with Crippen LogP contribution in [-0.2, 0) is 17.8 Å². The standard InChI is InChI=1S/C20H19FN4O/c1-14-4-2-3-5-16(14)12-20(26)23-19-11-10-18(24-25-19)22-13-15-6-8-17(21)9-7-15/h2-11H,12-13H2,1H3,(H,22,24)(H,23,25,26). The number of aromatic nitrogens is 2. The average molecular weight is 350 g/mol. The largest absolute Gasteiger partial charge is 0.365 e. The van der Waals surface area contributed by atoms with E-state index in [0.717, 1.165) is 16.7 Å². The molecule has 0 radical (unpaired) electrons. The lowest BCUT2D eigenvalue weighted by Crippen LogP contribution is -2.16. The minimum absolute atomic E-state index is 0.138. The first kappa shape index (κ1) is 17.5. The average Bonchev–Trinajstić information content (AvgIpc) is 2.64. The van der Waals surface area contributed by atoms with Gasteiger partial charge in [-0.25, -0.2) is 4.39 Å². The van der Waals surface area contributed by atoms with Gasteiger partial charge in [-0.1, -0.05) is 36.4 Å². The number of halogens is 1. The van der Waals surface area contributed by atoms with Crippen LogP contribution in [0.1, 0.15) is 16.7 Å². The molecule has 132 valence electrons. The maximum absolute atomic E-state index is 12.9. The highest BCUT2D eigenvalue weighted by Crippen LogP contribution is 2.11. The summed E-state index contributed by atoms with van der Waals surface area (Å²) < 4.78 is 12.9. The second-order valence-corrected chi connectivity index (χ2v) is 5.94. The fraction of sp³-hybridized carbons (Fsp3) is 0.150.